The molecule has 1 aliphatic heterocycles. The molecule has 0 aromatic heterocycles. The number of aryl methyl sites for hydroxylation is 2. The first kappa shape index (κ1) is 24.6. The number of imide groups is 1. The molecule has 0 spiro atoms. The van der Waals surface area contributed by atoms with Crippen molar-refractivity contribution < 1.29 is 14.4 Å². The predicted molar refractivity (Wildman–Crippen MR) is 145 cm³/mol. The third-order valence-electron chi connectivity index (χ3n) is 5.77. The first-order valence-electron chi connectivity index (χ1n) is 11.1. The molecule has 0 unspecified atom stereocenters. The molecule has 1 aliphatic rings. The number of nitrogens with one attached hydrogen (secondary N) is 2. The fourth-order valence-corrected chi connectivity index (χ4v) is 5.07. The third kappa shape index (κ3) is 5.78. The van der Waals surface area contributed by atoms with Gasteiger partial charge >= 0.3 is 0 Å². The van der Waals surface area contributed by atoms with Crippen molar-refractivity contribution in [2.45, 2.75) is 37.3 Å². The summed E-state index contributed by atoms with van der Waals surface area (Å²) in [4.78, 5) is 39.3. The van der Waals surface area contributed by atoms with Crippen molar-refractivity contribution in [1.82, 2.24) is 0 Å². The van der Waals surface area contributed by atoms with Crippen LogP contribution in [-0.4, -0.2) is 28.0 Å². The molecule has 1 saturated heterocycles. The molecule has 0 aliphatic carbocycles. The average molecular weight is 504 g/mol. The van der Waals surface area contributed by atoms with Gasteiger partial charge in [0.2, 0.25) is 11.8 Å². The van der Waals surface area contributed by atoms with Crippen molar-refractivity contribution in [3.63, 3.8) is 0 Å². The van der Waals surface area contributed by atoms with Crippen LogP contribution in [0.1, 0.15) is 34.8 Å². The lowest BCUT2D eigenvalue weighted by atomic mass is 10.1. The highest BCUT2D eigenvalue weighted by Crippen LogP contribution is 2.35. The molecule has 0 radical (unpaired) electrons. The molecule has 1 fully saturated rings. The van der Waals surface area contributed by atoms with Gasteiger partial charge in [0.1, 0.15) is 0 Å². The maximum Gasteiger partial charge on any atom is 0.247 e. The highest BCUT2D eigenvalue weighted by molar-refractivity contribution is 8.00. The van der Waals surface area contributed by atoms with Gasteiger partial charge in [-0.25, -0.2) is 4.90 Å². The van der Waals surface area contributed by atoms with Gasteiger partial charge in [-0.05, 0) is 98.7 Å². The summed E-state index contributed by atoms with van der Waals surface area (Å²) in [5.74, 6) is -0.384. The van der Waals surface area contributed by atoms with Crippen LogP contribution in [0.2, 0.25) is 0 Å². The van der Waals surface area contributed by atoms with Crippen molar-refractivity contribution in [3.8, 4) is 0 Å². The molecule has 3 aromatic carbocycles. The minimum atomic E-state index is -0.482. The van der Waals surface area contributed by atoms with E-state index in [1.807, 2.05) is 56.3 Å². The summed E-state index contributed by atoms with van der Waals surface area (Å²) in [6.07, 6.45) is 0.157. The number of carbonyl (C=O) groups is 3. The highest BCUT2D eigenvalue weighted by Gasteiger charge is 2.40. The average Bonchev–Trinajstić information content (AvgIpc) is 3.09. The minimum absolute atomic E-state index is 0.00566. The Balaban J connectivity index is 1.40. The minimum Gasteiger partial charge on any atom is -0.332 e. The molecule has 0 bridgehead atoms. The summed E-state index contributed by atoms with van der Waals surface area (Å²) < 4.78 is 0. The zero-order valence-corrected chi connectivity index (χ0v) is 21.3. The van der Waals surface area contributed by atoms with E-state index < -0.39 is 5.25 Å². The van der Waals surface area contributed by atoms with Crippen molar-refractivity contribution in [3.05, 3.63) is 83.4 Å². The van der Waals surface area contributed by atoms with E-state index in [0.29, 0.717) is 16.4 Å². The Kier molecular flexibility index (Phi) is 7.33. The van der Waals surface area contributed by atoms with Crippen LogP contribution in [-0.2, 0) is 9.59 Å². The summed E-state index contributed by atoms with van der Waals surface area (Å²) in [6.45, 7) is 5.49. The Labute approximate surface area is 214 Å². The van der Waals surface area contributed by atoms with Gasteiger partial charge in [-0.1, -0.05) is 12.1 Å². The number of thioether (sulfide) groups is 1. The van der Waals surface area contributed by atoms with E-state index in [1.54, 1.807) is 24.3 Å². The van der Waals surface area contributed by atoms with Crippen LogP contribution in [0.5, 0.6) is 0 Å². The molecule has 2 N–H and O–H groups in total. The number of Topliss-reactive ketones (excluding diaryl/α,β-unsaturated/α-hetero) is 1. The number of hydrogen-bond acceptors (Lipinski definition) is 5. The zero-order valence-electron chi connectivity index (χ0n) is 19.6. The number of thiocarbonyl (C=S) groups is 1. The summed E-state index contributed by atoms with van der Waals surface area (Å²) >= 11 is 6.78. The Morgan fingerprint density at radius 2 is 1.66 bits per heavy atom. The van der Waals surface area contributed by atoms with Gasteiger partial charge in [0.05, 0.1) is 10.9 Å². The van der Waals surface area contributed by atoms with Gasteiger partial charge in [-0.15, -0.1) is 11.8 Å². The maximum absolute atomic E-state index is 13.1. The van der Waals surface area contributed by atoms with E-state index in [2.05, 4.69) is 10.6 Å². The lowest BCUT2D eigenvalue weighted by Crippen LogP contribution is -2.31. The fourth-order valence-electron chi connectivity index (χ4n) is 3.73. The van der Waals surface area contributed by atoms with Gasteiger partial charge in [-0.2, -0.15) is 0 Å². The Bertz CT molecular complexity index is 1320. The first-order chi connectivity index (χ1) is 16.7. The second-order valence-electron chi connectivity index (χ2n) is 8.39. The third-order valence-corrected chi connectivity index (χ3v) is 7.16. The molecule has 0 saturated carbocycles. The molecular weight excluding hydrogens is 478 g/mol. The number of nitrogens with zero attached hydrogens (tertiary/aromatic N) is 1. The van der Waals surface area contributed by atoms with E-state index >= 15 is 0 Å². The van der Waals surface area contributed by atoms with Crippen LogP contribution in [0.25, 0.3) is 0 Å². The second kappa shape index (κ2) is 10.4. The Hall–Kier alpha value is -3.49. The lowest BCUT2D eigenvalue weighted by molar-refractivity contribution is -0.121. The van der Waals surface area contributed by atoms with Crippen LogP contribution in [0.15, 0.2) is 71.6 Å². The van der Waals surface area contributed by atoms with Crippen LogP contribution < -0.4 is 15.5 Å². The van der Waals surface area contributed by atoms with Gasteiger partial charge in [0.15, 0.2) is 10.9 Å². The summed E-state index contributed by atoms with van der Waals surface area (Å²) in [6, 6.07) is 20.2. The van der Waals surface area contributed by atoms with Gasteiger partial charge in [0.25, 0.3) is 0 Å². The normalized spacial score (nSPS) is 15.3. The molecule has 1 heterocycles. The quantitative estimate of drug-likeness (QED) is 0.252. The van der Waals surface area contributed by atoms with Crippen molar-refractivity contribution >= 4 is 63.8 Å². The molecular formula is C27H25N3O3S2. The van der Waals surface area contributed by atoms with Crippen molar-refractivity contribution in [1.29, 1.82) is 0 Å². The molecule has 4 rings (SSSR count). The van der Waals surface area contributed by atoms with E-state index in [9.17, 15) is 14.4 Å². The Morgan fingerprint density at radius 1 is 0.943 bits per heavy atom. The molecule has 1 atom stereocenters. The number of ketones is 1. The monoisotopic (exact) mass is 503 g/mol. The molecule has 6 nitrogen and oxygen atoms in total. The predicted octanol–water partition coefficient (Wildman–Crippen LogP) is 5.74. The summed E-state index contributed by atoms with van der Waals surface area (Å²) in [5.41, 5.74) is 4.93. The zero-order chi connectivity index (χ0) is 25.1. The number of carbonyl (C=O) groups excluding carboxylic acids is 3. The van der Waals surface area contributed by atoms with E-state index in [-0.39, 0.29) is 24.0 Å². The van der Waals surface area contributed by atoms with E-state index in [0.717, 1.165) is 27.4 Å². The maximum atomic E-state index is 13.1. The van der Waals surface area contributed by atoms with Crippen LogP contribution >= 0.6 is 24.0 Å². The number of amides is 2. The standard InChI is InChI=1S/C27H25N3O3S2/c1-16-7-12-22(13-17(16)2)30-25(32)15-24(26(30)33)35-23-6-4-5-21(14-23)29-27(34)28-20-10-8-19(9-11-20)18(3)31/h4-14,24H,15H2,1-3H3,(H2,28,29,34)/t24-/m0/s1. The fraction of sp³-hybridized carbons (Fsp3) is 0.185. The SMILES string of the molecule is CC(=O)c1ccc(NC(=S)Nc2cccc(S[C@H]3CC(=O)N(c4ccc(C)c(C)c4)C3=O)c2)cc1. The molecule has 3 aromatic rings. The molecule has 8 heteroatoms. The molecule has 35 heavy (non-hydrogen) atoms. The summed E-state index contributed by atoms with van der Waals surface area (Å²) in [5, 5.41) is 6.14. The largest absolute Gasteiger partial charge is 0.332 e. The van der Waals surface area contributed by atoms with Crippen LogP contribution in [0, 0.1) is 13.8 Å². The smallest absolute Gasteiger partial charge is 0.247 e. The second-order valence-corrected chi connectivity index (χ2v) is 10.1. The topological polar surface area (TPSA) is 78.5 Å². The molecule has 2 amide bonds. The highest BCUT2D eigenvalue weighted by atomic mass is 32.2. The number of anilines is 3. The first-order valence-corrected chi connectivity index (χ1v) is 12.4. The lowest BCUT2D eigenvalue weighted by Gasteiger charge is -2.16. The number of benzene rings is 3. The van der Waals surface area contributed by atoms with Crippen molar-refractivity contribution in [2.24, 2.45) is 0 Å². The van der Waals surface area contributed by atoms with Crippen LogP contribution in [0.4, 0.5) is 17.1 Å². The van der Waals surface area contributed by atoms with E-state index in [1.165, 1.54) is 23.6 Å². The molecule has 178 valence electrons. The van der Waals surface area contributed by atoms with Gasteiger partial charge in [-0.3, -0.25) is 14.4 Å². The van der Waals surface area contributed by atoms with Crippen LogP contribution in [0.3, 0.4) is 0 Å². The Morgan fingerprint density at radius 3 is 2.34 bits per heavy atom. The van der Waals surface area contributed by atoms with Gasteiger partial charge in [0, 0.05) is 28.3 Å². The number of hydrogen-bond donors (Lipinski definition) is 2. The van der Waals surface area contributed by atoms with Gasteiger partial charge < -0.3 is 10.6 Å². The summed E-state index contributed by atoms with van der Waals surface area (Å²) in [7, 11) is 0. The number of rotatable bonds is 6. The van der Waals surface area contributed by atoms with Crippen molar-refractivity contribution in [2.75, 3.05) is 15.5 Å². The van der Waals surface area contributed by atoms with E-state index in [4.69, 9.17) is 12.2 Å².